The second kappa shape index (κ2) is 6.19. The predicted octanol–water partition coefficient (Wildman–Crippen LogP) is 3.68. The number of methoxy groups -OCH3 is 2. The summed E-state index contributed by atoms with van der Waals surface area (Å²) in [5.74, 6) is 1.56. The van der Waals surface area contributed by atoms with Crippen molar-refractivity contribution in [3.05, 3.63) is 58.1 Å². The minimum absolute atomic E-state index is 0.240. The van der Waals surface area contributed by atoms with E-state index in [0.29, 0.717) is 0 Å². The van der Waals surface area contributed by atoms with E-state index in [1.54, 1.807) is 14.2 Å². The van der Waals surface area contributed by atoms with E-state index in [1.807, 2.05) is 18.2 Å². The van der Waals surface area contributed by atoms with Crippen molar-refractivity contribution in [3.8, 4) is 11.5 Å². The maximum Gasteiger partial charge on any atom is 0.124 e. The topological polar surface area (TPSA) is 44.5 Å². The molecule has 0 aliphatic carbocycles. The molecule has 0 bridgehead atoms. The highest BCUT2D eigenvalue weighted by atomic mass is 16.5. The first-order valence-corrected chi connectivity index (χ1v) is 7.03. The van der Waals surface area contributed by atoms with Crippen molar-refractivity contribution in [1.82, 2.24) is 0 Å². The number of hydrogen-bond acceptors (Lipinski definition) is 3. The summed E-state index contributed by atoms with van der Waals surface area (Å²) in [6, 6.07) is 9.80. The first-order chi connectivity index (χ1) is 9.97. The zero-order valence-corrected chi connectivity index (χ0v) is 13.4. The Morgan fingerprint density at radius 2 is 1.52 bits per heavy atom. The van der Waals surface area contributed by atoms with E-state index in [2.05, 4.69) is 32.9 Å². The molecule has 0 spiro atoms. The number of ether oxygens (including phenoxy) is 2. The maximum atomic E-state index is 6.53. The zero-order valence-electron chi connectivity index (χ0n) is 13.4. The number of aryl methyl sites for hydroxylation is 3. The Bertz CT molecular complexity index is 627. The molecule has 0 saturated carbocycles. The van der Waals surface area contributed by atoms with E-state index < -0.39 is 0 Å². The minimum Gasteiger partial charge on any atom is -0.497 e. The van der Waals surface area contributed by atoms with Gasteiger partial charge in [0.2, 0.25) is 0 Å². The minimum atomic E-state index is -0.240. The van der Waals surface area contributed by atoms with Gasteiger partial charge in [0.1, 0.15) is 11.5 Å². The molecular weight excluding hydrogens is 262 g/mol. The van der Waals surface area contributed by atoms with Gasteiger partial charge >= 0.3 is 0 Å². The van der Waals surface area contributed by atoms with Crippen LogP contribution in [0.5, 0.6) is 11.5 Å². The summed E-state index contributed by atoms with van der Waals surface area (Å²) in [4.78, 5) is 0. The van der Waals surface area contributed by atoms with Crippen LogP contribution in [0.3, 0.4) is 0 Å². The lowest BCUT2D eigenvalue weighted by Gasteiger charge is -2.21. The zero-order chi connectivity index (χ0) is 15.6. The van der Waals surface area contributed by atoms with Crippen molar-refractivity contribution < 1.29 is 9.47 Å². The molecule has 1 atom stereocenters. The van der Waals surface area contributed by atoms with Crippen molar-refractivity contribution >= 4 is 0 Å². The van der Waals surface area contributed by atoms with Gasteiger partial charge in [-0.05, 0) is 55.7 Å². The summed E-state index contributed by atoms with van der Waals surface area (Å²) in [5, 5.41) is 0. The average molecular weight is 285 g/mol. The summed E-state index contributed by atoms with van der Waals surface area (Å²) in [7, 11) is 3.31. The highest BCUT2D eigenvalue weighted by Crippen LogP contribution is 2.34. The molecule has 2 rings (SSSR count). The van der Waals surface area contributed by atoms with Gasteiger partial charge in [0, 0.05) is 5.56 Å². The molecule has 3 nitrogen and oxygen atoms in total. The van der Waals surface area contributed by atoms with E-state index in [-0.39, 0.29) is 6.04 Å². The Morgan fingerprint density at radius 1 is 0.905 bits per heavy atom. The Labute approximate surface area is 126 Å². The Balaban J connectivity index is 2.56. The lowest BCUT2D eigenvalue weighted by molar-refractivity contribution is 0.397. The summed E-state index contributed by atoms with van der Waals surface area (Å²) in [5.41, 5.74) is 12.3. The standard InChI is InChI=1S/C18H23NO2/c1-11-8-12(2)17(13(3)9-11)18(19)15-10-14(20-4)6-7-16(15)21-5/h6-10,18H,19H2,1-5H3. The number of benzene rings is 2. The molecule has 1 unspecified atom stereocenters. The van der Waals surface area contributed by atoms with Crippen LogP contribution in [0.2, 0.25) is 0 Å². The predicted molar refractivity (Wildman–Crippen MR) is 86.2 cm³/mol. The molecule has 2 aromatic rings. The molecular formula is C18H23NO2. The third-order valence-electron chi connectivity index (χ3n) is 3.82. The van der Waals surface area contributed by atoms with Gasteiger partial charge in [0.15, 0.2) is 0 Å². The molecule has 2 N–H and O–H groups in total. The van der Waals surface area contributed by atoms with E-state index in [4.69, 9.17) is 15.2 Å². The van der Waals surface area contributed by atoms with Crippen LogP contribution in [0.1, 0.15) is 33.9 Å². The van der Waals surface area contributed by atoms with Gasteiger partial charge in [-0.25, -0.2) is 0 Å². The van der Waals surface area contributed by atoms with Crippen LogP contribution in [0.4, 0.5) is 0 Å². The number of hydrogen-bond donors (Lipinski definition) is 1. The van der Waals surface area contributed by atoms with Gasteiger partial charge in [-0.1, -0.05) is 17.7 Å². The highest BCUT2D eigenvalue weighted by Gasteiger charge is 2.19. The molecule has 0 fully saturated rings. The molecule has 3 heteroatoms. The molecule has 2 aromatic carbocycles. The molecule has 0 radical (unpaired) electrons. The molecule has 112 valence electrons. The van der Waals surface area contributed by atoms with Gasteiger partial charge in [0.05, 0.1) is 20.3 Å². The average Bonchev–Trinajstić information content (AvgIpc) is 2.45. The smallest absolute Gasteiger partial charge is 0.124 e. The third-order valence-corrected chi connectivity index (χ3v) is 3.82. The Hall–Kier alpha value is -2.00. The first kappa shape index (κ1) is 15.4. The highest BCUT2D eigenvalue weighted by molar-refractivity contribution is 5.50. The van der Waals surface area contributed by atoms with Crippen LogP contribution in [0.15, 0.2) is 30.3 Å². The van der Waals surface area contributed by atoms with Crippen LogP contribution in [-0.2, 0) is 0 Å². The van der Waals surface area contributed by atoms with Crippen molar-refractivity contribution in [2.75, 3.05) is 14.2 Å². The molecule has 0 aromatic heterocycles. The fraction of sp³-hybridized carbons (Fsp3) is 0.333. The lowest BCUT2D eigenvalue weighted by atomic mass is 9.90. The Kier molecular flexibility index (Phi) is 4.53. The first-order valence-electron chi connectivity index (χ1n) is 7.03. The van der Waals surface area contributed by atoms with E-state index >= 15 is 0 Å². The summed E-state index contributed by atoms with van der Waals surface area (Å²) in [6.45, 7) is 6.30. The SMILES string of the molecule is COc1ccc(OC)c(C(N)c2c(C)cc(C)cc2C)c1. The molecule has 0 aliphatic rings. The van der Waals surface area contributed by atoms with Crippen molar-refractivity contribution in [2.45, 2.75) is 26.8 Å². The van der Waals surface area contributed by atoms with Gasteiger partial charge in [0.25, 0.3) is 0 Å². The van der Waals surface area contributed by atoms with Crippen LogP contribution in [0, 0.1) is 20.8 Å². The third kappa shape index (κ3) is 3.03. The summed E-state index contributed by atoms with van der Waals surface area (Å²) in [6.07, 6.45) is 0. The van der Waals surface area contributed by atoms with E-state index in [0.717, 1.165) is 22.6 Å². The van der Waals surface area contributed by atoms with E-state index in [9.17, 15) is 0 Å². The molecule has 0 amide bonds. The van der Waals surface area contributed by atoms with Crippen LogP contribution in [0.25, 0.3) is 0 Å². The second-order valence-electron chi connectivity index (χ2n) is 5.40. The van der Waals surface area contributed by atoms with E-state index in [1.165, 1.54) is 16.7 Å². The lowest BCUT2D eigenvalue weighted by Crippen LogP contribution is -2.16. The van der Waals surface area contributed by atoms with Gasteiger partial charge in [-0.15, -0.1) is 0 Å². The van der Waals surface area contributed by atoms with Crippen molar-refractivity contribution in [1.29, 1.82) is 0 Å². The molecule has 21 heavy (non-hydrogen) atoms. The second-order valence-corrected chi connectivity index (χ2v) is 5.40. The van der Waals surface area contributed by atoms with Gasteiger partial charge in [-0.2, -0.15) is 0 Å². The number of nitrogens with two attached hydrogens (primary N) is 1. The summed E-state index contributed by atoms with van der Waals surface area (Å²) >= 11 is 0. The fourth-order valence-corrected chi connectivity index (χ4v) is 2.92. The summed E-state index contributed by atoms with van der Waals surface area (Å²) < 4.78 is 10.8. The largest absolute Gasteiger partial charge is 0.497 e. The molecule has 0 heterocycles. The quantitative estimate of drug-likeness (QED) is 0.932. The molecule has 0 aliphatic heterocycles. The molecule has 0 saturated heterocycles. The van der Waals surface area contributed by atoms with Gasteiger partial charge < -0.3 is 15.2 Å². The monoisotopic (exact) mass is 285 g/mol. The van der Waals surface area contributed by atoms with Crippen molar-refractivity contribution in [2.24, 2.45) is 5.73 Å². The van der Waals surface area contributed by atoms with Crippen molar-refractivity contribution in [3.63, 3.8) is 0 Å². The normalized spacial score (nSPS) is 12.1. The van der Waals surface area contributed by atoms with Crippen LogP contribution < -0.4 is 15.2 Å². The van der Waals surface area contributed by atoms with Gasteiger partial charge in [-0.3, -0.25) is 0 Å². The fourth-order valence-electron chi connectivity index (χ4n) is 2.92. The number of rotatable bonds is 4. The Morgan fingerprint density at radius 3 is 2.05 bits per heavy atom. The van der Waals surface area contributed by atoms with Crippen LogP contribution >= 0.6 is 0 Å². The maximum absolute atomic E-state index is 6.53. The van der Waals surface area contributed by atoms with Crippen LogP contribution in [-0.4, -0.2) is 14.2 Å².